The van der Waals surface area contributed by atoms with Crippen molar-refractivity contribution in [2.24, 2.45) is 5.92 Å². The number of ether oxygens (including phenoxy) is 1. The second kappa shape index (κ2) is 9.84. The van der Waals surface area contributed by atoms with Crippen LogP contribution in [0.15, 0.2) is 18.2 Å². The Bertz CT molecular complexity index is 823. The van der Waals surface area contributed by atoms with Gasteiger partial charge in [-0.25, -0.2) is 4.79 Å². The number of alkyl halides is 3. The highest BCUT2D eigenvalue weighted by atomic mass is 19.4. The summed E-state index contributed by atoms with van der Waals surface area (Å²) in [6.07, 6.45) is -5.39. The van der Waals surface area contributed by atoms with Crippen LogP contribution in [0.5, 0.6) is 0 Å². The van der Waals surface area contributed by atoms with Gasteiger partial charge in [-0.2, -0.15) is 13.2 Å². The first-order valence-corrected chi connectivity index (χ1v) is 9.78. The van der Waals surface area contributed by atoms with Crippen molar-refractivity contribution in [3.05, 3.63) is 33.9 Å². The fraction of sp³-hybridized carbons (Fsp3) is 0.579. The Morgan fingerprint density at radius 1 is 1.23 bits per heavy atom. The molecule has 0 aliphatic carbocycles. The minimum absolute atomic E-state index is 0.0650. The number of rotatable bonds is 6. The van der Waals surface area contributed by atoms with Gasteiger partial charge in [0.2, 0.25) is 5.91 Å². The minimum atomic E-state index is -4.69. The molecular formula is C19H25F3N4O5. The van der Waals surface area contributed by atoms with Gasteiger partial charge in [0.15, 0.2) is 0 Å². The molecule has 1 fully saturated rings. The number of nitro groups is 1. The summed E-state index contributed by atoms with van der Waals surface area (Å²) in [5.41, 5.74) is -1.67. The van der Waals surface area contributed by atoms with Crippen molar-refractivity contribution in [1.29, 1.82) is 0 Å². The van der Waals surface area contributed by atoms with Gasteiger partial charge in [-0.3, -0.25) is 14.9 Å². The number of benzene rings is 1. The zero-order chi connectivity index (χ0) is 23.3. The number of piperazine rings is 1. The van der Waals surface area contributed by atoms with Crippen molar-refractivity contribution >= 4 is 23.4 Å². The van der Waals surface area contributed by atoms with Crippen LogP contribution in [-0.4, -0.2) is 60.7 Å². The number of carbonyl (C=O) groups is 2. The molecule has 9 nitrogen and oxygen atoms in total. The van der Waals surface area contributed by atoms with Gasteiger partial charge in [-0.1, -0.05) is 13.8 Å². The van der Waals surface area contributed by atoms with Gasteiger partial charge in [0.1, 0.15) is 11.7 Å². The third-order valence-electron chi connectivity index (χ3n) is 4.91. The van der Waals surface area contributed by atoms with Crippen molar-refractivity contribution in [2.45, 2.75) is 33.0 Å². The fourth-order valence-corrected chi connectivity index (χ4v) is 3.29. The molecule has 1 aromatic carbocycles. The highest BCUT2D eigenvalue weighted by Crippen LogP contribution is 2.36. The molecule has 1 unspecified atom stereocenters. The number of nitrogens with one attached hydrogen (secondary N) is 1. The lowest BCUT2D eigenvalue weighted by atomic mass is 10.0. The van der Waals surface area contributed by atoms with Crippen molar-refractivity contribution in [3.8, 4) is 0 Å². The maximum Gasteiger partial charge on any atom is 0.416 e. The highest BCUT2D eigenvalue weighted by molar-refractivity contribution is 5.86. The molecule has 1 heterocycles. The second-order valence-corrected chi connectivity index (χ2v) is 7.36. The lowest BCUT2D eigenvalue weighted by molar-refractivity contribution is -0.384. The number of carbonyl (C=O) groups excluding carboxylic acids is 2. The van der Waals surface area contributed by atoms with Gasteiger partial charge >= 0.3 is 12.3 Å². The summed E-state index contributed by atoms with van der Waals surface area (Å²) in [6.45, 7) is 6.15. The van der Waals surface area contributed by atoms with Gasteiger partial charge in [-0.15, -0.1) is 0 Å². The number of nitro benzene ring substituents is 1. The zero-order valence-electron chi connectivity index (χ0n) is 17.4. The number of hydrogen-bond acceptors (Lipinski definition) is 6. The van der Waals surface area contributed by atoms with Gasteiger partial charge in [0, 0.05) is 32.2 Å². The van der Waals surface area contributed by atoms with E-state index >= 15 is 0 Å². The molecule has 31 heavy (non-hydrogen) atoms. The molecule has 1 aliphatic heterocycles. The Kier molecular flexibility index (Phi) is 7.69. The lowest BCUT2D eigenvalue weighted by Crippen LogP contribution is -2.56. The van der Waals surface area contributed by atoms with E-state index in [-0.39, 0.29) is 50.3 Å². The van der Waals surface area contributed by atoms with E-state index in [0.29, 0.717) is 6.07 Å². The van der Waals surface area contributed by atoms with E-state index in [9.17, 15) is 32.9 Å². The van der Waals surface area contributed by atoms with E-state index in [0.717, 1.165) is 12.1 Å². The van der Waals surface area contributed by atoms with Crippen LogP contribution in [0.2, 0.25) is 0 Å². The highest BCUT2D eigenvalue weighted by Gasteiger charge is 2.35. The monoisotopic (exact) mass is 446 g/mol. The molecule has 0 spiro atoms. The van der Waals surface area contributed by atoms with Crippen LogP contribution >= 0.6 is 0 Å². The Morgan fingerprint density at radius 2 is 1.84 bits per heavy atom. The van der Waals surface area contributed by atoms with E-state index in [4.69, 9.17) is 4.74 Å². The van der Waals surface area contributed by atoms with Gasteiger partial charge in [-0.05, 0) is 25.0 Å². The Hall–Kier alpha value is -3.05. The van der Waals surface area contributed by atoms with Crippen molar-refractivity contribution in [3.63, 3.8) is 0 Å². The quantitative estimate of drug-likeness (QED) is 0.532. The van der Waals surface area contributed by atoms with Crippen LogP contribution in [0.1, 0.15) is 26.3 Å². The maximum atomic E-state index is 12.9. The SMILES string of the molecule is CCOC(=O)NC(C(=O)N1CCN(c2ccc(C(F)(F)F)cc2[N+](=O)[O-])CC1)C(C)C. The second-order valence-electron chi connectivity index (χ2n) is 7.36. The number of anilines is 1. The molecule has 0 saturated carbocycles. The van der Waals surface area contributed by atoms with Crippen LogP contribution in [0.3, 0.4) is 0 Å². The van der Waals surface area contributed by atoms with E-state index in [2.05, 4.69) is 5.32 Å². The maximum absolute atomic E-state index is 12.9. The number of halogens is 3. The standard InChI is InChI=1S/C19H25F3N4O5/c1-4-31-18(28)23-16(12(2)3)17(27)25-9-7-24(8-10-25)14-6-5-13(19(20,21)22)11-15(14)26(29)30/h5-6,11-12,16H,4,7-10H2,1-3H3,(H,23,28). The van der Waals surface area contributed by atoms with Gasteiger partial charge in [0.05, 0.1) is 17.1 Å². The topological polar surface area (TPSA) is 105 Å². The molecule has 1 atom stereocenters. The number of hydrogen-bond donors (Lipinski definition) is 1. The summed E-state index contributed by atoms with van der Waals surface area (Å²) >= 11 is 0. The third kappa shape index (κ3) is 5.98. The summed E-state index contributed by atoms with van der Waals surface area (Å²) in [7, 11) is 0. The molecule has 0 aromatic heterocycles. The summed E-state index contributed by atoms with van der Waals surface area (Å²) in [5.74, 6) is -0.518. The summed E-state index contributed by atoms with van der Waals surface area (Å²) in [6, 6.07) is 1.60. The average molecular weight is 446 g/mol. The van der Waals surface area contributed by atoms with Crippen LogP contribution in [-0.2, 0) is 15.7 Å². The number of alkyl carbamates (subject to hydrolysis) is 1. The molecule has 172 valence electrons. The van der Waals surface area contributed by atoms with E-state index in [1.165, 1.54) is 4.90 Å². The van der Waals surface area contributed by atoms with Crippen LogP contribution in [0, 0.1) is 16.0 Å². The zero-order valence-corrected chi connectivity index (χ0v) is 17.4. The normalized spacial score (nSPS) is 15.6. The smallest absolute Gasteiger partial charge is 0.416 e. The molecule has 0 radical (unpaired) electrons. The van der Waals surface area contributed by atoms with Crippen molar-refractivity contribution in [2.75, 3.05) is 37.7 Å². The molecule has 2 rings (SSSR count). The summed E-state index contributed by atoms with van der Waals surface area (Å²) in [4.78, 5) is 38.2. The number of nitrogens with zero attached hydrogens (tertiary/aromatic N) is 3. The minimum Gasteiger partial charge on any atom is -0.450 e. The predicted octanol–water partition coefficient (Wildman–Crippen LogP) is 3.03. The van der Waals surface area contributed by atoms with Gasteiger partial charge < -0.3 is 19.9 Å². The van der Waals surface area contributed by atoms with Crippen molar-refractivity contribution < 1.29 is 32.4 Å². The first-order chi connectivity index (χ1) is 14.5. The molecule has 1 saturated heterocycles. The van der Waals surface area contributed by atoms with Crippen LogP contribution in [0.25, 0.3) is 0 Å². The fourth-order valence-electron chi connectivity index (χ4n) is 3.29. The molecule has 0 bridgehead atoms. The van der Waals surface area contributed by atoms with Crippen LogP contribution < -0.4 is 10.2 Å². The van der Waals surface area contributed by atoms with E-state index < -0.39 is 34.5 Å². The molecule has 12 heteroatoms. The largest absolute Gasteiger partial charge is 0.450 e. The molecule has 2 amide bonds. The Balaban J connectivity index is 2.12. The molecular weight excluding hydrogens is 421 g/mol. The Labute approximate surface area is 177 Å². The Morgan fingerprint density at radius 3 is 2.32 bits per heavy atom. The average Bonchev–Trinajstić information content (AvgIpc) is 2.70. The summed E-state index contributed by atoms with van der Waals surface area (Å²) < 4.78 is 43.5. The van der Waals surface area contributed by atoms with Crippen LogP contribution in [0.4, 0.5) is 29.3 Å². The predicted molar refractivity (Wildman–Crippen MR) is 106 cm³/mol. The first kappa shape index (κ1) is 24.2. The molecule has 1 aromatic rings. The lowest BCUT2D eigenvalue weighted by Gasteiger charge is -2.38. The van der Waals surface area contributed by atoms with E-state index in [1.54, 1.807) is 25.7 Å². The molecule has 1 aliphatic rings. The summed E-state index contributed by atoms with van der Waals surface area (Å²) in [5, 5.41) is 13.9. The first-order valence-electron chi connectivity index (χ1n) is 9.78. The third-order valence-corrected chi connectivity index (χ3v) is 4.91. The number of amides is 2. The van der Waals surface area contributed by atoms with E-state index in [1.807, 2.05) is 0 Å². The van der Waals surface area contributed by atoms with Gasteiger partial charge in [0.25, 0.3) is 5.69 Å². The van der Waals surface area contributed by atoms with Crippen molar-refractivity contribution in [1.82, 2.24) is 10.2 Å². The molecule has 1 N–H and O–H groups in total.